The Labute approximate surface area is 154 Å². The monoisotopic (exact) mass is 370 g/mol. The second kappa shape index (κ2) is 7.89. The maximum atomic E-state index is 11.9. The molecule has 2 aromatic carbocycles. The Kier molecular flexibility index (Phi) is 5.39. The van der Waals surface area contributed by atoms with Gasteiger partial charge >= 0.3 is 11.6 Å². The van der Waals surface area contributed by atoms with E-state index in [0.717, 1.165) is 5.56 Å². The molecule has 0 saturated heterocycles. The van der Waals surface area contributed by atoms with Crippen LogP contribution in [0.15, 0.2) is 63.8 Å². The zero-order valence-corrected chi connectivity index (χ0v) is 14.7. The molecule has 1 aromatic heterocycles. The minimum absolute atomic E-state index is 0.0485. The Bertz CT molecular complexity index is 1040. The average Bonchev–Trinajstić information content (AvgIpc) is 2.63. The summed E-state index contributed by atoms with van der Waals surface area (Å²) >= 11 is 5.90. The van der Waals surface area contributed by atoms with Gasteiger partial charge in [-0.1, -0.05) is 23.7 Å². The lowest BCUT2D eigenvalue weighted by atomic mass is 10.1. The average molecular weight is 371 g/mol. The summed E-state index contributed by atoms with van der Waals surface area (Å²) in [6.07, 6.45) is 2.92. The van der Waals surface area contributed by atoms with Gasteiger partial charge in [0.25, 0.3) is 0 Å². The van der Waals surface area contributed by atoms with Crippen LogP contribution in [0.25, 0.3) is 17.0 Å². The van der Waals surface area contributed by atoms with E-state index < -0.39 is 11.6 Å². The third kappa shape index (κ3) is 4.32. The molecule has 0 spiro atoms. The Morgan fingerprint density at radius 3 is 2.81 bits per heavy atom. The fourth-order valence-corrected chi connectivity index (χ4v) is 2.63. The highest BCUT2D eigenvalue weighted by Crippen LogP contribution is 2.23. The SMILES string of the molecule is COc1ccc2c(COC(=O)/C=C/c3cccc(Cl)c3)cc(=O)oc2c1. The van der Waals surface area contributed by atoms with E-state index >= 15 is 0 Å². The molecule has 26 heavy (non-hydrogen) atoms. The first-order valence-corrected chi connectivity index (χ1v) is 8.14. The van der Waals surface area contributed by atoms with Gasteiger partial charge in [-0.15, -0.1) is 0 Å². The normalized spacial score (nSPS) is 11.0. The summed E-state index contributed by atoms with van der Waals surface area (Å²) in [5.41, 5.74) is 1.19. The molecule has 3 aromatic rings. The molecular formula is C20H15ClO5. The van der Waals surface area contributed by atoms with E-state index in [2.05, 4.69) is 0 Å². The first-order chi connectivity index (χ1) is 12.5. The molecule has 0 amide bonds. The molecule has 0 saturated carbocycles. The van der Waals surface area contributed by atoms with Gasteiger partial charge in [0.05, 0.1) is 7.11 Å². The van der Waals surface area contributed by atoms with Gasteiger partial charge in [-0.3, -0.25) is 0 Å². The van der Waals surface area contributed by atoms with Gasteiger partial charge in [0, 0.05) is 34.2 Å². The van der Waals surface area contributed by atoms with Gasteiger partial charge in [-0.05, 0) is 35.9 Å². The lowest BCUT2D eigenvalue weighted by Gasteiger charge is -2.07. The number of halogens is 1. The van der Waals surface area contributed by atoms with Gasteiger partial charge in [0.15, 0.2) is 0 Å². The van der Waals surface area contributed by atoms with Crippen molar-refractivity contribution in [1.82, 2.24) is 0 Å². The molecule has 0 aliphatic carbocycles. The van der Waals surface area contributed by atoms with Crippen LogP contribution in [0.3, 0.4) is 0 Å². The third-order valence-electron chi connectivity index (χ3n) is 3.67. The highest BCUT2D eigenvalue weighted by molar-refractivity contribution is 6.30. The topological polar surface area (TPSA) is 65.7 Å². The predicted molar refractivity (Wildman–Crippen MR) is 99.3 cm³/mol. The van der Waals surface area contributed by atoms with Crippen molar-refractivity contribution >= 4 is 34.6 Å². The van der Waals surface area contributed by atoms with Gasteiger partial charge < -0.3 is 13.9 Å². The maximum absolute atomic E-state index is 11.9. The van der Waals surface area contributed by atoms with Crippen molar-refractivity contribution in [1.29, 1.82) is 0 Å². The number of ether oxygens (including phenoxy) is 2. The van der Waals surface area contributed by atoms with Crippen molar-refractivity contribution in [3.8, 4) is 5.75 Å². The number of fused-ring (bicyclic) bond motifs is 1. The van der Waals surface area contributed by atoms with Crippen LogP contribution < -0.4 is 10.4 Å². The van der Waals surface area contributed by atoms with E-state index in [1.54, 1.807) is 42.5 Å². The van der Waals surface area contributed by atoms with E-state index in [1.165, 1.54) is 19.3 Å². The minimum atomic E-state index is -0.528. The lowest BCUT2D eigenvalue weighted by Crippen LogP contribution is -2.05. The van der Waals surface area contributed by atoms with Crippen molar-refractivity contribution in [2.75, 3.05) is 7.11 Å². The fraction of sp³-hybridized carbons (Fsp3) is 0.100. The van der Waals surface area contributed by atoms with Crippen molar-refractivity contribution in [3.63, 3.8) is 0 Å². The second-order valence-corrected chi connectivity index (χ2v) is 5.89. The van der Waals surface area contributed by atoms with Crippen LogP contribution in [0.1, 0.15) is 11.1 Å². The van der Waals surface area contributed by atoms with Crippen LogP contribution >= 0.6 is 11.6 Å². The third-order valence-corrected chi connectivity index (χ3v) is 3.90. The van der Waals surface area contributed by atoms with Crippen molar-refractivity contribution in [3.05, 3.63) is 81.2 Å². The standard InChI is InChI=1S/C20H15ClO5/c1-24-16-6-7-17-14(10-20(23)26-18(17)11-16)12-25-19(22)8-5-13-3-2-4-15(21)9-13/h2-11H,12H2,1H3/b8-5+. The predicted octanol–water partition coefficient (Wildman–Crippen LogP) is 4.21. The zero-order valence-electron chi connectivity index (χ0n) is 13.9. The second-order valence-electron chi connectivity index (χ2n) is 5.45. The smallest absolute Gasteiger partial charge is 0.336 e. The van der Waals surface area contributed by atoms with E-state index in [9.17, 15) is 9.59 Å². The molecule has 0 bridgehead atoms. The molecule has 1 heterocycles. The quantitative estimate of drug-likeness (QED) is 0.382. The number of methoxy groups -OCH3 is 1. The summed E-state index contributed by atoms with van der Waals surface area (Å²) in [5.74, 6) is 0.0409. The van der Waals surface area contributed by atoms with Crippen LogP contribution in [0.4, 0.5) is 0 Å². The Hall–Kier alpha value is -3.05. The molecule has 0 aliphatic heterocycles. The van der Waals surface area contributed by atoms with Crippen LogP contribution in [0.5, 0.6) is 5.75 Å². The molecule has 0 fully saturated rings. The molecular weight excluding hydrogens is 356 g/mol. The van der Waals surface area contributed by atoms with Crippen molar-refractivity contribution in [2.45, 2.75) is 6.61 Å². The number of hydrogen-bond acceptors (Lipinski definition) is 5. The van der Waals surface area contributed by atoms with Crippen LogP contribution in [-0.4, -0.2) is 13.1 Å². The van der Waals surface area contributed by atoms with Crippen molar-refractivity contribution in [2.24, 2.45) is 0 Å². The van der Waals surface area contributed by atoms with Crippen LogP contribution in [0.2, 0.25) is 5.02 Å². The zero-order chi connectivity index (χ0) is 18.5. The molecule has 0 radical (unpaired) electrons. The Balaban J connectivity index is 1.75. The maximum Gasteiger partial charge on any atom is 0.336 e. The summed E-state index contributed by atoms with van der Waals surface area (Å²) in [5, 5.41) is 1.26. The summed E-state index contributed by atoms with van der Waals surface area (Å²) < 4.78 is 15.5. The highest BCUT2D eigenvalue weighted by atomic mass is 35.5. The van der Waals surface area contributed by atoms with E-state index in [-0.39, 0.29) is 6.61 Å². The molecule has 0 atom stereocenters. The highest BCUT2D eigenvalue weighted by Gasteiger charge is 2.09. The Morgan fingerprint density at radius 1 is 1.19 bits per heavy atom. The van der Waals surface area contributed by atoms with Gasteiger partial charge in [-0.2, -0.15) is 0 Å². The molecule has 5 nitrogen and oxygen atoms in total. The van der Waals surface area contributed by atoms with Gasteiger partial charge in [0.1, 0.15) is 17.9 Å². The molecule has 0 unspecified atom stereocenters. The fourth-order valence-electron chi connectivity index (χ4n) is 2.43. The summed E-state index contributed by atoms with van der Waals surface area (Å²) in [6.45, 7) is -0.0485. The van der Waals surface area contributed by atoms with Crippen LogP contribution in [-0.2, 0) is 16.1 Å². The molecule has 6 heteroatoms. The van der Waals surface area contributed by atoms with E-state index in [4.69, 9.17) is 25.5 Å². The first-order valence-electron chi connectivity index (χ1n) is 7.76. The number of carbonyl (C=O) groups excluding carboxylic acids is 1. The van der Waals surface area contributed by atoms with Crippen molar-refractivity contribution < 1.29 is 18.7 Å². The first kappa shape index (κ1) is 17.8. The Morgan fingerprint density at radius 2 is 2.04 bits per heavy atom. The molecule has 132 valence electrons. The molecule has 0 aliphatic rings. The molecule has 3 rings (SSSR count). The number of benzene rings is 2. The van der Waals surface area contributed by atoms with Gasteiger partial charge in [-0.25, -0.2) is 9.59 Å². The van der Waals surface area contributed by atoms with Crippen LogP contribution in [0, 0.1) is 0 Å². The number of esters is 1. The number of rotatable bonds is 5. The van der Waals surface area contributed by atoms with Gasteiger partial charge in [0.2, 0.25) is 0 Å². The number of hydrogen-bond donors (Lipinski definition) is 0. The summed E-state index contributed by atoms with van der Waals surface area (Å²) in [6, 6.07) is 13.5. The molecule has 0 N–H and O–H groups in total. The summed E-state index contributed by atoms with van der Waals surface area (Å²) in [4.78, 5) is 23.6. The minimum Gasteiger partial charge on any atom is -0.497 e. The summed E-state index contributed by atoms with van der Waals surface area (Å²) in [7, 11) is 1.52. The lowest BCUT2D eigenvalue weighted by molar-refractivity contribution is -0.138. The number of carbonyl (C=O) groups is 1. The largest absolute Gasteiger partial charge is 0.497 e. The van der Waals surface area contributed by atoms with E-state index in [1.807, 2.05) is 6.07 Å². The van der Waals surface area contributed by atoms with E-state index in [0.29, 0.717) is 27.3 Å².